The van der Waals surface area contributed by atoms with Crippen LogP contribution in [0, 0.1) is 11.8 Å². The molecule has 142 valence electrons. The molecule has 1 fully saturated rings. The second-order valence-electron chi connectivity index (χ2n) is 8.34. The summed E-state index contributed by atoms with van der Waals surface area (Å²) in [6.45, 7) is 16.1. The van der Waals surface area contributed by atoms with Gasteiger partial charge in [-0.1, -0.05) is 25.6 Å². The van der Waals surface area contributed by atoms with Gasteiger partial charge in [0, 0.05) is 31.2 Å². The Morgan fingerprint density at radius 1 is 1.36 bits per heavy atom. The first-order chi connectivity index (χ1) is 11.7. The number of carbonyl (C=O) groups is 1. The lowest BCUT2D eigenvalue weighted by Crippen LogP contribution is -2.56. The normalized spacial score (nSPS) is 22.4. The summed E-state index contributed by atoms with van der Waals surface area (Å²) in [6.07, 6.45) is 3.01. The van der Waals surface area contributed by atoms with Crippen LogP contribution < -0.4 is 5.32 Å². The van der Waals surface area contributed by atoms with Gasteiger partial charge in [-0.3, -0.25) is 9.69 Å². The number of aromatic nitrogens is 3. The van der Waals surface area contributed by atoms with Crippen LogP contribution in [0.1, 0.15) is 54.0 Å². The molecule has 1 N–H and O–H groups in total. The summed E-state index contributed by atoms with van der Waals surface area (Å²) in [5, 5.41) is 11.9. The standard InChI is InChI=1S/C18H33N5OS/c1-13(2)23-12-20-21-17(23)25-10-16(24)19-11-18(5,6)22-8-14(3)7-15(4)9-22/h12-15H,7-11H2,1-6H3,(H,19,24). The summed E-state index contributed by atoms with van der Waals surface area (Å²) in [4.78, 5) is 14.8. The lowest BCUT2D eigenvalue weighted by Gasteiger charge is -2.45. The quantitative estimate of drug-likeness (QED) is 0.751. The number of piperidine rings is 1. The largest absolute Gasteiger partial charge is 0.354 e. The van der Waals surface area contributed by atoms with E-state index in [1.165, 1.54) is 18.2 Å². The zero-order valence-electron chi connectivity index (χ0n) is 16.5. The number of nitrogens with one attached hydrogen (secondary N) is 1. The van der Waals surface area contributed by atoms with Crippen molar-refractivity contribution in [1.82, 2.24) is 25.0 Å². The molecule has 1 saturated heterocycles. The highest BCUT2D eigenvalue weighted by atomic mass is 32.2. The zero-order chi connectivity index (χ0) is 18.6. The molecule has 1 amide bonds. The van der Waals surface area contributed by atoms with E-state index in [-0.39, 0.29) is 11.4 Å². The van der Waals surface area contributed by atoms with Crippen LogP contribution in [0.3, 0.4) is 0 Å². The molecule has 1 aliphatic heterocycles. The van der Waals surface area contributed by atoms with Crippen molar-refractivity contribution in [2.45, 2.75) is 64.7 Å². The summed E-state index contributed by atoms with van der Waals surface area (Å²) < 4.78 is 1.98. The Kier molecular flexibility index (Phi) is 6.91. The van der Waals surface area contributed by atoms with Gasteiger partial charge in [-0.2, -0.15) is 0 Å². The third-order valence-corrected chi connectivity index (χ3v) is 5.83. The van der Waals surface area contributed by atoms with Crippen LogP contribution in [-0.4, -0.2) is 56.5 Å². The van der Waals surface area contributed by atoms with Gasteiger partial charge in [-0.05, 0) is 46.0 Å². The number of amides is 1. The number of hydrogen-bond donors (Lipinski definition) is 1. The molecule has 1 aliphatic rings. The molecule has 7 heteroatoms. The van der Waals surface area contributed by atoms with Crippen LogP contribution >= 0.6 is 11.8 Å². The average Bonchev–Trinajstić information content (AvgIpc) is 2.99. The van der Waals surface area contributed by atoms with Crippen molar-refractivity contribution in [3.05, 3.63) is 6.33 Å². The number of likely N-dealkylation sites (tertiary alicyclic amines) is 1. The Labute approximate surface area is 156 Å². The lowest BCUT2D eigenvalue weighted by atomic mass is 9.88. The molecule has 0 aliphatic carbocycles. The highest BCUT2D eigenvalue weighted by molar-refractivity contribution is 7.99. The van der Waals surface area contributed by atoms with Crippen LogP contribution in [0.2, 0.25) is 0 Å². The third-order valence-electron chi connectivity index (χ3n) is 4.87. The van der Waals surface area contributed by atoms with Gasteiger partial charge in [0.15, 0.2) is 5.16 Å². The molecular weight excluding hydrogens is 334 g/mol. The van der Waals surface area contributed by atoms with E-state index in [0.717, 1.165) is 30.1 Å². The van der Waals surface area contributed by atoms with Crippen molar-refractivity contribution in [2.75, 3.05) is 25.4 Å². The molecule has 2 heterocycles. The number of thioether (sulfide) groups is 1. The fourth-order valence-electron chi connectivity index (χ4n) is 3.45. The number of rotatable bonds is 7. The smallest absolute Gasteiger partial charge is 0.230 e. The lowest BCUT2D eigenvalue weighted by molar-refractivity contribution is -0.119. The van der Waals surface area contributed by atoms with Crippen LogP contribution in [0.25, 0.3) is 0 Å². The highest BCUT2D eigenvalue weighted by Gasteiger charge is 2.32. The molecule has 0 saturated carbocycles. The van der Waals surface area contributed by atoms with E-state index in [2.05, 4.69) is 62.0 Å². The van der Waals surface area contributed by atoms with Gasteiger partial charge in [0.2, 0.25) is 5.91 Å². The van der Waals surface area contributed by atoms with Crippen LogP contribution in [0.15, 0.2) is 11.5 Å². The molecule has 2 atom stereocenters. The van der Waals surface area contributed by atoms with Crippen molar-refractivity contribution in [1.29, 1.82) is 0 Å². The highest BCUT2D eigenvalue weighted by Crippen LogP contribution is 2.27. The average molecular weight is 368 g/mol. The monoisotopic (exact) mass is 367 g/mol. The molecule has 0 spiro atoms. The molecular formula is C18H33N5OS. The molecule has 0 aromatic carbocycles. The van der Waals surface area contributed by atoms with Crippen LogP contribution in [0.4, 0.5) is 0 Å². The van der Waals surface area contributed by atoms with Crippen molar-refractivity contribution < 1.29 is 4.79 Å². The van der Waals surface area contributed by atoms with Gasteiger partial charge in [0.25, 0.3) is 0 Å². The molecule has 2 rings (SSSR count). The van der Waals surface area contributed by atoms with Gasteiger partial charge >= 0.3 is 0 Å². The van der Waals surface area contributed by atoms with Crippen molar-refractivity contribution in [3.8, 4) is 0 Å². The van der Waals surface area contributed by atoms with E-state index < -0.39 is 0 Å². The number of nitrogens with zero attached hydrogens (tertiary/aromatic N) is 4. The maximum absolute atomic E-state index is 12.3. The Morgan fingerprint density at radius 3 is 2.60 bits per heavy atom. The van der Waals surface area contributed by atoms with Gasteiger partial charge < -0.3 is 9.88 Å². The van der Waals surface area contributed by atoms with E-state index in [1.54, 1.807) is 6.33 Å². The molecule has 0 radical (unpaired) electrons. The van der Waals surface area contributed by atoms with Crippen molar-refractivity contribution in [2.24, 2.45) is 11.8 Å². The molecule has 1 aromatic rings. The summed E-state index contributed by atoms with van der Waals surface area (Å²) in [7, 11) is 0. The molecule has 0 bridgehead atoms. The minimum absolute atomic E-state index is 0.0266. The van der Waals surface area contributed by atoms with Gasteiger partial charge in [0.1, 0.15) is 6.33 Å². The zero-order valence-corrected chi connectivity index (χ0v) is 17.3. The number of carbonyl (C=O) groups excluding carboxylic acids is 1. The van der Waals surface area contributed by atoms with Crippen LogP contribution in [0.5, 0.6) is 0 Å². The van der Waals surface area contributed by atoms with Gasteiger partial charge in [-0.25, -0.2) is 0 Å². The van der Waals surface area contributed by atoms with Gasteiger partial charge in [0.05, 0.1) is 5.75 Å². The first-order valence-corrected chi connectivity index (χ1v) is 10.2. The second kappa shape index (κ2) is 8.54. The summed E-state index contributed by atoms with van der Waals surface area (Å²) in [5.41, 5.74) is -0.0266. The predicted octanol–water partition coefficient (Wildman–Crippen LogP) is 2.82. The van der Waals surface area contributed by atoms with Crippen LogP contribution in [-0.2, 0) is 4.79 Å². The maximum Gasteiger partial charge on any atom is 0.230 e. The first-order valence-electron chi connectivity index (χ1n) is 9.23. The van der Waals surface area contributed by atoms with E-state index >= 15 is 0 Å². The SMILES string of the molecule is CC1CC(C)CN(C(C)(C)CNC(=O)CSc2nncn2C(C)C)C1. The Bertz CT molecular complexity index is 562. The minimum Gasteiger partial charge on any atom is -0.354 e. The summed E-state index contributed by atoms with van der Waals surface area (Å²) in [5.74, 6) is 1.86. The topological polar surface area (TPSA) is 63.1 Å². The Morgan fingerprint density at radius 2 is 2.00 bits per heavy atom. The third kappa shape index (κ3) is 5.71. The van der Waals surface area contributed by atoms with Crippen molar-refractivity contribution >= 4 is 17.7 Å². The van der Waals surface area contributed by atoms with Crippen molar-refractivity contribution in [3.63, 3.8) is 0 Å². The van der Waals surface area contributed by atoms with E-state index in [1.807, 2.05) is 4.57 Å². The fourth-order valence-corrected chi connectivity index (χ4v) is 4.33. The Hall–Kier alpha value is -1.08. The fraction of sp³-hybridized carbons (Fsp3) is 0.833. The van der Waals surface area contributed by atoms with E-state index in [0.29, 0.717) is 18.3 Å². The maximum atomic E-state index is 12.3. The number of hydrogen-bond acceptors (Lipinski definition) is 5. The molecule has 25 heavy (non-hydrogen) atoms. The summed E-state index contributed by atoms with van der Waals surface area (Å²) in [6, 6.07) is 0.294. The molecule has 2 unspecified atom stereocenters. The molecule has 1 aromatic heterocycles. The van der Waals surface area contributed by atoms with Gasteiger partial charge in [-0.15, -0.1) is 10.2 Å². The predicted molar refractivity (Wildman–Crippen MR) is 103 cm³/mol. The minimum atomic E-state index is -0.0266. The summed E-state index contributed by atoms with van der Waals surface area (Å²) >= 11 is 1.44. The first kappa shape index (κ1) is 20.2. The molecule has 6 nitrogen and oxygen atoms in total. The second-order valence-corrected chi connectivity index (χ2v) is 9.29. The Balaban J connectivity index is 1.81. The van der Waals surface area contributed by atoms with E-state index in [9.17, 15) is 4.79 Å². The van der Waals surface area contributed by atoms with E-state index in [4.69, 9.17) is 0 Å².